The molecule has 2 atom stereocenters. The Bertz CT molecular complexity index is 994. The summed E-state index contributed by atoms with van der Waals surface area (Å²) in [5.41, 5.74) is 0. The normalized spacial score (nSPS) is 12.8. The maximum atomic E-state index is 12.7. The van der Waals surface area contributed by atoms with Gasteiger partial charge in [-0.3, -0.25) is 14.4 Å². The highest BCUT2D eigenvalue weighted by atomic mass is 16.5. The molecule has 0 bridgehead atoms. The van der Waals surface area contributed by atoms with Gasteiger partial charge < -0.3 is 25.6 Å². The molecular weight excluding hydrogens is 668 g/mol. The van der Waals surface area contributed by atoms with Crippen molar-refractivity contribution < 1.29 is 34.1 Å². The Balaban J connectivity index is 4.25. The topological polar surface area (TPSA) is 142 Å². The predicted molar refractivity (Wildman–Crippen MR) is 218 cm³/mol. The quantitative estimate of drug-likeness (QED) is 0.0280. The summed E-state index contributed by atoms with van der Waals surface area (Å²) in [5.74, 6) is -2.36. The number of unbranched alkanes of at least 4 members (excludes halogenated alkanes) is 20. The first-order valence-corrected chi connectivity index (χ1v) is 21.4. The second-order valence-corrected chi connectivity index (χ2v) is 14.4. The van der Waals surface area contributed by atoms with E-state index in [9.17, 15) is 19.2 Å². The van der Waals surface area contributed by atoms with E-state index in [4.69, 9.17) is 14.9 Å². The molecular formula is C44H78N2O7. The summed E-state index contributed by atoms with van der Waals surface area (Å²) in [4.78, 5) is 47.4. The van der Waals surface area contributed by atoms with E-state index in [1.54, 1.807) is 0 Å². The lowest BCUT2D eigenvalue weighted by Crippen LogP contribution is -2.47. The highest BCUT2D eigenvalue weighted by Gasteiger charge is 2.18. The monoisotopic (exact) mass is 747 g/mol. The average molecular weight is 747 g/mol. The van der Waals surface area contributed by atoms with Crippen LogP contribution in [0.15, 0.2) is 36.5 Å². The van der Waals surface area contributed by atoms with Crippen molar-refractivity contribution in [1.29, 1.82) is 0 Å². The van der Waals surface area contributed by atoms with Gasteiger partial charge in [0.2, 0.25) is 11.8 Å². The molecule has 0 aliphatic carbocycles. The molecule has 0 aliphatic rings. The van der Waals surface area contributed by atoms with Gasteiger partial charge in [-0.2, -0.15) is 0 Å². The van der Waals surface area contributed by atoms with E-state index in [1.807, 2.05) is 0 Å². The molecule has 0 aromatic rings. The van der Waals surface area contributed by atoms with E-state index >= 15 is 0 Å². The number of allylic oxidation sites excluding steroid dienone is 5. The van der Waals surface area contributed by atoms with Crippen LogP contribution in [0.2, 0.25) is 0 Å². The van der Waals surface area contributed by atoms with Crippen LogP contribution in [0.5, 0.6) is 0 Å². The van der Waals surface area contributed by atoms with E-state index in [0.29, 0.717) is 19.3 Å². The minimum absolute atomic E-state index is 0.103. The molecule has 4 N–H and O–H groups in total. The average Bonchev–Trinajstić information content (AvgIpc) is 3.14. The molecule has 0 saturated carbocycles. The van der Waals surface area contributed by atoms with Crippen molar-refractivity contribution in [2.75, 3.05) is 13.2 Å². The number of carboxylic acid groups (broad SMARTS) is 1. The number of carbonyl (C=O) groups is 4. The summed E-state index contributed by atoms with van der Waals surface area (Å²) in [7, 11) is 0. The van der Waals surface area contributed by atoms with Gasteiger partial charge in [0.1, 0.15) is 12.1 Å². The number of aliphatic hydroxyl groups is 1. The smallest absolute Gasteiger partial charge is 0.328 e. The lowest BCUT2D eigenvalue weighted by atomic mass is 10.1. The standard InChI is InChI=1S/C44H78N2O7/c1-3-5-7-9-11-13-14-15-16-17-18-19-20-22-28-32-36-43(50)53-39(33-29-25-21-12-10-8-6-4-2)34-30-26-23-24-27-31-35-41(48)45-37-42(49)46-40(38-47)44(51)52/h12,16-17,21,29,33,39-40,47H,3-11,13-15,18-20,22-28,30-32,34-38H2,1-2H3,(H,45,48)(H,46,49)(H,51,52)/b17-16-,21-12-,33-29-. The Hall–Kier alpha value is -2.94. The molecule has 0 aromatic heterocycles. The Labute approximate surface area is 323 Å². The number of carboxylic acids is 1. The van der Waals surface area contributed by atoms with Gasteiger partial charge in [-0.05, 0) is 76.7 Å². The summed E-state index contributed by atoms with van der Waals surface area (Å²) in [5, 5.41) is 22.5. The minimum atomic E-state index is -1.38. The van der Waals surface area contributed by atoms with E-state index in [1.165, 1.54) is 83.5 Å². The fraction of sp³-hybridized carbons (Fsp3) is 0.773. The number of nitrogens with one attached hydrogen (secondary N) is 2. The minimum Gasteiger partial charge on any atom is -0.480 e. The van der Waals surface area contributed by atoms with Gasteiger partial charge in [0, 0.05) is 12.8 Å². The molecule has 0 fully saturated rings. The van der Waals surface area contributed by atoms with Gasteiger partial charge in [0.25, 0.3) is 0 Å². The van der Waals surface area contributed by atoms with Crippen LogP contribution in [0.1, 0.15) is 194 Å². The van der Waals surface area contributed by atoms with Crippen molar-refractivity contribution in [3.05, 3.63) is 36.5 Å². The van der Waals surface area contributed by atoms with Gasteiger partial charge in [0.05, 0.1) is 13.2 Å². The zero-order valence-corrected chi connectivity index (χ0v) is 33.8. The first-order valence-electron chi connectivity index (χ1n) is 21.4. The molecule has 53 heavy (non-hydrogen) atoms. The third-order valence-corrected chi connectivity index (χ3v) is 9.34. The number of hydrogen-bond acceptors (Lipinski definition) is 6. The van der Waals surface area contributed by atoms with Crippen LogP contribution in [0.3, 0.4) is 0 Å². The summed E-state index contributed by atoms with van der Waals surface area (Å²) in [6.07, 6.45) is 43.4. The molecule has 0 spiro atoms. The zero-order valence-electron chi connectivity index (χ0n) is 33.8. The highest BCUT2D eigenvalue weighted by molar-refractivity contribution is 5.87. The number of hydrogen-bond donors (Lipinski definition) is 4. The van der Waals surface area contributed by atoms with Gasteiger partial charge in [-0.15, -0.1) is 0 Å². The Morgan fingerprint density at radius 3 is 1.66 bits per heavy atom. The van der Waals surface area contributed by atoms with Gasteiger partial charge in [-0.1, -0.05) is 141 Å². The van der Waals surface area contributed by atoms with Gasteiger partial charge in [-0.25, -0.2) is 4.79 Å². The number of carbonyl (C=O) groups excluding carboxylic acids is 3. The molecule has 0 heterocycles. The second kappa shape index (κ2) is 38.8. The lowest BCUT2D eigenvalue weighted by Gasteiger charge is -2.15. The summed E-state index contributed by atoms with van der Waals surface area (Å²) in [6.45, 7) is 3.44. The van der Waals surface area contributed by atoms with Crippen molar-refractivity contribution in [2.45, 2.75) is 206 Å². The third-order valence-electron chi connectivity index (χ3n) is 9.34. The number of amides is 2. The van der Waals surface area contributed by atoms with Gasteiger partial charge in [0.15, 0.2) is 0 Å². The van der Waals surface area contributed by atoms with Crippen molar-refractivity contribution in [1.82, 2.24) is 10.6 Å². The Morgan fingerprint density at radius 1 is 0.585 bits per heavy atom. The molecule has 0 radical (unpaired) electrons. The number of esters is 1. The van der Waals surface area contributed by atoms with E-state index in [0.717, 1.165) is 77.0 Å². The highest BCUT2D eigenvalue weighted by Crippen LogP contribution is 2.15. The molecule has 0 aliphatic heterocycles. The molecule has 0 saturated heterocycles. The largest absolute Gasteiger partial charge is 0.480 e. The summed E-state index contributed by atoms with van der Waals surface area (Å²) >= 11 is 0. The molecule has 0 rings (SSSR count). The fourth-order valence-electron chi connectivity index (χ4n) is 6.01. The fourth-order valence-corrected chi connectivity index (χ4v) is 6.01. The maximum Gasteiger partial charge on any atom is 0.328 e. The number of rotatable bonds is 38. The molecule has 9 nitrogen and oxygen atoms in total. The first-order chi connectivity index (χ1) is 25.8. The van der Waals surface area contributed by atoms with Crippen LogP contribution < -0.4 is 10.6 Å². The van der Waals surface area contributed by atoms with Crippen molar-refractivity contribution >= 4 is 23.8 Å². The SMILES string of the molecule is CCCCC/C=C\C/C=C\C(CCCCCCCCC(=O)NCC(=O)NC(CO)C(=O)O)OC(=O)CCCCCCC/C=C\CCCCCCCCC. The van der Waals surface area contributed by atoms with Crippen LogP contribution in [0.4, 0.5) is 0 Å². The van der Waals surface area contributed by atoms with Crippen molar-refractivity contribution in [3.8, 4) is 0 Å². The van der Waals surface area contributed by atoms with Crippen LogP contribution in [0, 0.1) is 0 Å². The van der Waals surface area contributed by atoms with Crippen molar-refractivity contribution in [2.24, 2.45) is 0 Å². The van der Waals surface area contributed by atoms with Gasteiger partial charge >= 0.3 is 11.9 Å². The maximum absolute atomic E-state index is 12.7. The van der Waals surface area contributed by atoms with Crippen LogP contribution in [-0.2, 0) is 23.9 Å². The summed E-state index contributed by atoms with van der Waals surface area (Å²) in [6, 6.07) is -1.38. The number of aliphatic hydroxyl groups excluding tert-OH is 1. The van der Waals surface area contributed by atoms with Crippen molar-refractivity contribution in [3.63, 3.8) is 0 Å². The molecule has 2 unspecified atom stereocenters. The van der Waals surface area contributed by atoms with E-state index in [2.05, 4.69) is 60.9 Å². The first kappa shape index (κ1) is 50.1. The summed E-state index contributed by atoms with van der Waals surface area (Å²) < 4.78 is 5.91. The van der Waals surface area contributed by atoms with E-state index < -0.39 is 24.5 Å². The Morgan fingerprint density at radius 2 is 1.08 bits per heavy atom. The van der Waals surface area contributed by atoms with E-state index in [-0.39, 0.29) is 24.5 Å². The predicted octanol–water partition coefficient (Wildman–Crippen LogP) is 10.2. The number of aliphatic carboxylic acids is 1. The lowest BCUT2D eigenvalue weighted by molar-refractivity contribution is -0.147. The second-order valence-electron chi connectivity index (χ2n) is 14.4. The van der Waals surface area contributed by atoms with Crippen LogP contribution >= 0.6 is 0 Å². The molecule has 0 aromatic carbocycles. The molecule has 9 heteroatoms. The molecule has 2 amide bonds. The van der Waals surface area contributed by atoms with Crippen LogP contribution in [0.25, 0.3) is 0 Å². The molecule has 306 valence electrons. The third kappa shape index (κ3) is 35.8. The zero-order chi connectivity index (χ0) is 39.0. The number of ether oxygens (including phenoxy) is 1. The van der Waals surface area contributed by atoms with Crippen LogP contribution in [-0.4, -0.2) is 59.3 Å². The Kier molecular flexibility index (Phi) is 36.6.